The van der Waals surface area contributed by atoms with Crippen LogP contribution in [0.25, 0.3) is 0 Å². The molecule has 0 bridgehead atoms. The number of hydrogen-bond donors (Lipinski definition) is 0. The molecule has 0 radical (unpaired) electrons. The second-order valence-corrected chi connectivity index (χ2v) is 6.14. The van der Waals surface area contributed by atoms with Crippen LogP contribution in [0, 0.1) is 12.7 Å². The summed E-state index contributed by atoms with van der Waals surface area (Å²) in [5, 5.41) is 0. The Labute approximate surface area is 141 Å². The van der Waals surface area contributed by atoms with E-state index >= 15 is 0 Å². The number of pyridine rings is 1. The first-order valence-electron chi connectivity index (χ1n) is 8.19. The van der Waals surface area contributed by atoms with E-state index in [-0.39, 0.29) is 17.8 Å². The van der Waals surface area contributed by atoms with Crippen molar-refractivity contribution in [3.8, 4) is 0 Å². The van der Waals surface area contributed by atoms with Crippen molar-refractivity contribution in [2.24, 2.45) is 0 Å². The lowest BCUT2D eigenvalue weighted by Gasteiger charge is -2.26. The quantitative estimate of drug-likeness (QED) is 0.845. The molecule has 0 N–H and O–H groups in total. The predicted octanol–water partition coefficient (Wildman–Crippen LogP) is 3.35. The molecule has 3 rings (SSSR count). The van der Waals surface area contributed by atoms with E-state index in [2.05, 4.69) is 4.98 Å². The lowest BCUT2D eigenvalue weighted by atomic mass is 10.1. The van der Waals surface area contributed by atoms with Crippen LogP contribution in [0.5, 0.6) is 0 Å². The molecule has 0 spiro atoms. The molecule has 1 amide bonds. The van der Waals surface area contributed by atoms with E-state index in [9.17, 15) is 9.18 Å². The van der Waals surface area contributed by atoms with Crippen LogP contribution < -0.4 is 0 Å². The van der Waals surface area contributed by atoms with Crippen molar-refractivity contribution in [3.05, 3.63) is 65.2 Å². The number of rotatable bonds is 5. The average molecular weight is 328 g/mol. The minimum Gasteiger partial charge on any atom is -0.376 e. The molecule has 24 heavy (non-hydrogen) atoms. The van der Waals surface area contributed by atoms with Crippen molar-refractivity contribution in [1.82, 2.24) is 9.88 Å². The van der Waals surface area contributed by atoms with Crippen molar-refractivity contribution in [2.45, 2.75) is 32.4 Å². The minimum atomic E-state index is -0.359. The molecule has 0 unspecified atom stereocenters. The zero-order valence-corrected chi connectivity index (χ0v) is 13.7. The molecule has 126 valence electrons. The van der Waals surface area contributed by atoms with Crippen LogP contribution >= 0.6 is 0 Å². The van der Waals surface area contributed by atoms with Crippen LogP contribution in [0.15, 0.2) is 42.7 Å². The van der Waals surface area contributed by atoms with Gasteiger partial charge in [-0.1, -0.05) is 6.07 Å². The number of amides is 1. The van der Waals surface area contributed by atoms with Crippen molar-refractivity contribution < 1.29 is 13.9 Å². The van der Waals surface area contributed by atoms with E-state index < -0.39 is 0 Å². The Balaban J connectivity index is 1.81. The highest BCUT2D eigenvalue weighted by Crippen LogP contribution is 2.18. The van der Waals surface area contributed by atoms with Gasteiger partial charge >= 0.3 is 0 Å². The molecule has 4 nitrogen and oxygen atoms in total. The number of hydrogen-bond acceptors (Lipinski definition) is 3. The molecule has 1 aromatic heterocycles. The molecular weight excluding hydrogens is 307 g/mol. The smallest absolute Gasteiger partial charge is 0.254 e. The molecule has 0 saturated carbocycles. The fraction of sp³-hybridized carbons (Fsp3) is 0.368. The number of aromatic nitrogens is 1. The molecular formula is C19H21FN2O2. The lowest BCUT2D eigenvalue weighted by molar-refractivity contribution is 0.0507. The summed E-state index contributed by atoms with van der Waals surface area (Å²) in [5.74, 6) is -0.539. The zero-order chi connectivity index (χ0) is 16.9. The van der Waals surface area contributed by atoms with E-state index in [0.29, 0.717) is 24.2 Å². The van der Waals surface area contributed by atoms with E-state index in [1.165, 1.54) is 6.07 Å². The second kappa shape index (κ2) is 7.53. The Morgan fingerprint density at radius 3 is 2.79 bits per heavy atom. The third kappa shape index (κ3) is 3.97. The first-order chi connectivity index (χ1) is 11.6. The van der Waals surface area contributed by atoms with Crippen molar-refractivity contribution in [3.63, 3.8) is 0 Å². The molecule has 1 fully saturated rings. The molecule has 1 saturated heterocycles. The van der Waals surface area contributed by atoms with Gasteiger partial charge in [0.05, 0.1) is 6.10 Å². The van der Waals surface area contributed by atoms with Crippen LogP contribution in [0.3, 0.4) is 0 Å². The Kier molecular flexibility index (Phi) is 5.20. The maximum atomic E-state index is 13.8. The van der Waals surface area contributed by atoms with E-state index in [4.69, 9.17) is 4.74 Å². The standard InChI is InChI=1S/C19H21FN2O2/c1-14-4-5-16(11-18(14)20)19(23)22(13-17-3-2-10-24-17)12-15-6-8-21-9-7-15/h4-9,11,17H,2-3,10,12-13H2,1H3/t17-/m0/s1. The van der Waals surface area contributed by atoms with Gasteiger partial charge in [0.15, 0.2) is 0 Å². The van der Waals surface area contributed by atoms with Gasteiger partial charge in [0.25, 0.3) is 5.91 Å². The summed E-state index contributed by atoms with van der Waals surface area (Å²) in [5.41, 5.74) is 1.89. The van der Waals surface area contributed by atoms with Crippen LogP contribution in [-0.4, -0.2) is 35.0 Å². The first kappa shape index (κ1) is 16.6. The van der Waals surface area contributed by atoms with Crippen LogP contribution in [0.4, 0.5) is 4.39 Å². The molecule has 1 aromatic carbocycles. The van der Waals surface area contributed by atoms with Gasteiger partial charge in [0.1, 0.15) is 5.82 Å². The van der Waals surface area contributed by atoms with Gasteiger partial charge in [-0.3, -0.25) is 9.78 Å². The van der Waals surface area contributed by atoms with E-state index in [1.54, 1.807) is 36.4 Å². The highest BCUT2D eigenvalue weighted by Gasteiger charge is 2.24. The molecule has 2 aromatic rings. The third-order valence-corrected chi connectivity index (χ3v) is 4.28. The molecule has 2 heterocycles. The normalized spacial score (nSPS) is 17.0. The highest BCUT2D eigenvalue weighted by atomic mass is 19.1. The minimum absolute atomic E-state index is 0.0473. The summed E-state index contributed by atoms with van der Waals surface area (Å²) >= 11 is 0. The fourth-order valence-corrected chi connectivity index (χ4v) is 2.87. The largest absolute Gasteiger partial charge is 0.376 e. The average Bonchev–Trinajstić information content (AvgIpc) is 3.10. The summed E-state index contributed by atoms with van der Waals surface area (Å²) in [7, 11) is 0. The number of halogens is 1. The van der Waals surface area contributed by atoms with Crippen LogP contribution in [-0.2, 0) is 11.3 Å². The predicted molar refractivity (Wildman–Crippen MR) is 89.1 cm³/mol. The number of carbonyl (C=O) groups excluding carboxylic acids is 1. The van der Waals surface area contributed by atoms with Crippen LogP contribution in [0.2, 0.25) is 0 Å². The van der Waals surface area contributed by atoms with Crippen LogP contribution in [0.1, 0.15) is 34.3 Å². The molecule has 0 aliphatic carbocycles. The monoisotopic (exact) mass is 328 g/mol. The number of carbonyl (C=O) groups is 1. The summed E-state index contributed by atoms with van der Waals surface area (Å²) in [6, 6.07) is 8.39. The fourth-order valence-electron chi connectivity index (χ4n) is 2.87. The highest BCUT2D eigenvalue weighted by molar-refractivity contribution is 5.94. The van der Waals surface area contributed by atoms with Gasteiger partial charge in [-0.05, 0) is 55.2 Å². The number of nitrogens with zero attached hydrogens (tertiary/aromatic N) is 2. The van der Waals surface area contributed by atoms with Gasteiger partial charge in [-0.2, -0.15) is 0 Å². The Bertz CT molecular complexity index is 700. The van der Waals surface area contributed by atoms with Gasteiger partial charge in [-0.25, -0.2) is 4.39 Å². The van der Waals surface area contributed by atoms with Gasteiger partial charge in [0, 0.05) is 37.7 Å². The van der Waals surface area contributed by atoms with Gasteiger partial charge in [-0.15, -0.1) is 0 Å². The maximum absolute atomic E-state index is 13.8. The Hall–Kier alpha value is -2.27. The third-order valence-electron chi connectivity index (χ3n) is 4.28. The van der Waals surface area contributed by atoms with Crippen molar-refractivity contribution in [1.29, 1.82) is 0 Å². The lowest BCUT2D eigenvalue weighted by Crippen LogP contribution is -2.37. The van der Waals surface area contributed by atoms with E-state index in [0.717, 1.165) is 25.0 Å². The molecule has 1 aliphatic heterocycles. The SMILES string of the molecule is Cc1ccc(C(=O)N(Cc2ccncc2)C[C@@H]2CCCO2)cc1F. The topological polar surface area (TPSA) is 42.4 Å². The summed E-state index contributed by atoms with van der Waals surface area (Å²) in [4.78, 5) is 18.6. The Morgan fingerprint density at radius 1 is 1.33 bits per heavy atom. The number of benzene rings is 1. The molecule has 1 aliphatic rings. The summed E-state index contributed by atoms with van der Waals surface area (Å²) in [6.45, 7) is 3.39. The molecule has 5 heteroatoms. The van der Waals surface area contributed by atoms with Crippen molar-refractivity contribution in [2.75, 3.05) is 13.2 Å². The van der Waals surface area contributed by atoms with Gasteiger partial charge < -0.3 is 9.64 Å². The first-order valence-corrected chi connectivity index (χ1v) is 8.19. The van der Waals surface area contributed by atoms with Crippen molar-refractivity contribution >= 4 is 5.91 Å². The summed E-state index contributed by atoms with van der Waals surface area (Å²) in [6.07, 6.45) is 5.42. The van der Waals surface area contributed by atoms with E-state index in [1.807, 2.05) is 12.1 Å². The number of aryl methyl sites for hydroxylation is 1. The Morgan fingerprint density at radius 2 is 2.12 bits per heavy atom. The summed E-state index contributed by atoms with van der Waals surface area (Å²) < 4.78 is 19.5. The zero-order valence-electron chi connectivity index (χ0n) is 13.7. The molecule has 1 atom stereocenters. The second-order valence-electron chi connectivity index (χ2n) is 6.14. The maximum Gasteiger partial charge on any atom is 0.254 e. The van der Waals surface area contributed by atoms with Gasteiger partial charge in [0.2, 0.25) is 0 Å². The number of ether oxygens (including phenoxy) is 1.